The molecular formula is C14H23NO2. The largest absolute Gasteiger partial charge is 0.493 e. The SMILES string of the molecule is CCCNCC(O)c1cc(C)ccc1OCC. The maximum absolute atomic E-state index is 10.1. The van der Waals surface area contributed by atoms with Crippen LogP contribution in [-0.2, 0) is 0 Å². The molecule has 0 saturated heterocycles. The van der Waals surface area contributed by atoms with E-state index in [1.807, 2.05) is 32.0 Å². The summed E-state index contributed by atoms with van der Waals surface area (Å²) in [6.45, 7) is 8.18. The summed E-state index contributed by atoms with van der Waals surface area (Å²) in [6, 6.07) is 5.92. The Bertz CT molecular complexity index is 339. The molecule has 2 N–H and O–H groups in total. The van der Waals surface area contributed by atoms with Crippen molar-refractivity contribution in [2.75, 3.05) is 19.7 Å². The minimum Gasteiger partial charge on any atom is -0.493 e. The molecule has 0 spiro atoms. The summed E-state index contributed by atoms with van der Waals surface area (Å²) in [7, 11) is 0. The first kappa shape index (κ1) is 14.0. The topological polar surface area (TPSA) is 41.5 Å². The summed E-state index contributed by atoms with van der Waals surface area (Å²) in [4.78, 5) is 0. The molecule has 1 aromatic carbocycles. The summed E-state index contributed by atoms with van der Waals surface area (Å²) in [6.07, 6.45) is 0.557. The van der Waals surface area contributed by atoms with E-state index in [0.29, 0.717) is 13.2 Å². The zero-order chi connectivity index (χ0) is 12.7. The van der Waals surface area contributed by atoms with Gasteiger partial charge in [0.1, 0.15) is 5.75 Å². The van der Waals surface area contributed by atoms with Crippen molar-refractivity contribution < 1.29 is 9.84 Å². The van der Waals surface area contributed by atoms with Crippen LogP contribution >= 0.6 is 0 Å². The van der Waals surface area contributed by atoms with Crippen molar-refractivity contribution in [1.29, 1.82) is 0 Å². The van der Waals surface area contributed by atoms with Crippen LogP contribution in [0.1, 0.15) is 37.5 Å². The lowest BCUT2D eigenvalue weighted by Gasteiger charge is -2.17. The number of aryl methyl sites for hydroxylation is 1. The summed E-state index contributed by atoms with van der Waals surface area (Å²) < 4.78 is 5.53. The van der Waals surface area contributed by atoms with E-state index >= 15 is 0 Å². The molecule has 0 saturated carbocycles. The standard InChI is InChI=1S/C14H23NO2/c1-4-8-15-10-13(16)12-9-11(3)6-7-14(12)17-5-2/h6-7,9,13,15-16H,4-5,8,10H2,1-3H3. The Morgan fingerprint density at radius 1 is 1.35 bits per heavy atom. The predicted octanol–water partition coefficient (Wildman–Crippen LogP) is 2.43. The first-order chi connectivity index (χ1) is 8.19. The molecule has 0 radical (unpaired) electrons. The van der Waals surface area contributed by atoms with Crippen LogP contribution in [0.15, 0.2) is 18.2 Å². The van der Waals surface area contributed by atoms with Crippen LogP contribution in [0.3, 0.4) is 0 Å². The Balaban J connectivity index is 2.74. The lowest BCUT2D eigenvalue weighted by molar-refractivity contribution is 0.169. The van der Waals surface area contributed by atoms with Crippen molar-refractivity contribution >= 4 is 0 Å². The second-order valence-electron chi connectivity index (χ2n) is 4.19. The van der Waals surface area contributed by atoms with Crippen LogP contribution in [0, 0.1) is 6.92 Å². The highest BCUT2D eigenvalue weighted by Gasteiger charge is 2.13. The summed E-state index contributed by atoms with van der Waals surface area (Å²) in [5.74, 6) is 0.781. The molecule has 0 heterocycles. The van der Waals surface area contributed by atoms with Crippen LogP contribution in [0.4, 0.5) is 0 Å². The molecule has 17 heavy (non-hydrogen) atoms. The number of benzene rings is 1. The number of rotatable bonds is 7. The van der Waals surface area contributed by atoms with Gasteiger partial charge in [0.15, 0.2) is 0 Å². The smallest absolute Gasteiger partial charge is 0.125 e. The van der Waals surface area contributed by atoms with Gasteiger partial charge >= 0.3 is 0 Å². The van der Waals surface area contributed by atoms with E-state index in [-0.39, 0.29) is 0 Å². The van der Waals surface area contributed by atoms with Gasteiger partial charge in [-0.15, -0.1) is 0 Å². The van der Waals surface area contributed by atoms with Gasteiger partial charge in [-0.2, -0.15) is 0 Å². The van der Waals surface area contributed by atoms with Gasteiger partial charge in [-0.25, -0.2) is 0 Å². The number of ether oxygens (including phenoxy) is 1. The highest BCUT2D eigenvalue weighted by Crippen LogP contribution is 2.26. The van der Waals surface area contributed by atoms with Gasteiger partial charge < -0.3 is 15.2 Å². The van der Waals surface area contributed by atoms with Crippen LogP contribution in [-0.4, -0.2) is 24.8 Å². The molecule has 0 bridgehead atoms. The molecule has 1 aromatic rings. The zero-order valence-corrected chi connectivity index (χ0v) is 11.0. The molecule has 3 nitrogen and oxygen atoms in total. The van der Waals surface area contributed by atoms with Gasteiger partial charge in [-0.3, -0.25) is 0 Å². The average molecular weight is 237 g/mol. The second-order valence-corrected chi connectivity index (χ2v) is 4.19. The third kappa shape index (κ3) is 4.36. The van der Waals surface area contributed by atoms with Crippen LogP contribution < -0.4 is 10.1 Å². The normalized spacial score (nSPS) is 12.5. The van der Waals surface area contributed by atoms with E-state index in [1.54, 1.807) is 0 Å². The van der Waals surface area contributed by atoms with E-state index in [1.165, 1.54) is 0 Å². The molecular weight excluding hydrogens is 214 g/mol. The summed E-state index contributed by atoms with van der Waals surface area (Å²) in [5.41, 5.74) is 2.01. The predicted molar refractivity (Wildman–Crippen MR) is 70.5 cm³/mol. The third-order valence-corrected chi connectivity index (χ3v) is 2.59. The molecule has 0 aliphatic carbocycles. The van der Waals surface area contributed by atoms with Gasteiger partial charge in [-0.1, -0.05) is 18.6 Å². The Labute approximate surface area is 104 Å². The van der Waals surface area contributed by atoms with Gasteiger partial charge in [0.25, 0.3) is 0 Å². The van der Waals surface area contributed by atoms with Gasteiger partial charge in [0, 0.05) is 12.1 Å². The fraction of sp³-hybridized carbons (Fsp3) is 0.571. The molecule has 1 atom stereocenters. The van der Waals surface area contributed by atoms with Crippen molar-refractivity contribution in [3.8, 4) is 5.75 Å². The van der Waals surface area contributed by atoms with Crippen molar-refractivity contribution in [3.05, 3.63) is 29.3 Å². The van der Waals surface area contributed by atoms with Crippen molar-refractivity contribution in [1.82, 2.24) is 5.32 Å². The maximum atomic E-state index is 10.1. The summed E-state index contributed by atoms with van der Waals surface area (Å²) in [5, 5.41) is 13.4. The third-order valence-electron chi connectivity index (χ3n) is 2.59. The fourth-order valence-corrected chi connectivity index (χ4v) is 1.74. The number of hydrogen-bond acceptors (Lipinski definition) is 3. The average Bonchev–Trinajstić information content (AvgIpc) is 2.32. The van der Waals surface area contributed by atoms with Crippen molar-refractivity contribution in [3.63, 3.8) is 0 Å². The Hall–Kier alpha value is -1.06. The molecule has 0 aliphatic heterocycles. The first-order valence-corrected chi connectivity index (χ1v) is 6.31. The summed E-state index contributed by atoms with van der Waals surface area (Å²) >= 11 is 0. The Morgan fingerprint density at radius 2 is 2.12 bits per heavy atom. The molecule has 96 valence electrons. The molecule has 1 unspecified atom stereocenters. The van der Waals surface area contributed by atoms with E-state index in [0.717, 1.165) is 29.8 Å². The molecule has 0 fully saturated rings. The molecule has 0 amide bonds. The van der Waals surface area contributed by atoms with E-state index in [9.17, 15) is 5.11 Å². The van der Waals surface area contributed by atoms with Gasteiger partial charge in [-0.05, 0) is 38.9 Å². The van der Waals surface area contributed by atoms with Gasteiger partial charge in [0.05, 0.1) is 12.7 Å². The highest BCUT2D eigenvalue weighted by atomic mass is 16.5. The number of nitrogens with one attached hydrogen (secondary N) is 1. The Morgan fingerprint density at radius 3 is 2.76 bits per heavy atom. The highest BCUT2D eigenvalue weighted by molar-refractivity contribution is 5.38. The minimum absolute atomic E-state index is 0.511. The lowest BCUT2D eigenvalue weighted by atomic mass is 10.1. The number of aliphatic hydroxyl groups is 1. The molecule has 0 aromatic heterocycles. The molecule has 1 rings (SSSR count). The van der Waals surface area contributed by atoms with Crippen molar-refractivity contribution in [2.45, 2.75) is 33.3 Å². The lowest BCUT2D eigenvalue weighted by Crippen LogP contribution is -2.22. The molecule has 3 heteroatoms. The van der Waals surface area contributed by atoms with Gasteiger partial charge in [0.2, 0.25) is 0 Å². The quantitative estimate of drug-likeness (QED) is 0.716. The van der Waals surface area contributed by atoms with E-state index in [2.05, 4.69) is 12.2 Å². The van der Waals surface area contributed by atoms with E-state index in [4.69, 9.17) is 4.74 Å². The van der Waals surface area contributed by atoms with Crippen LogP contribution in [0.5, 0.6) is 5.75 Å². The Kier molecular flexibility index (Phi) is 6.01. The second kappa shape index (κ2) is 7.30. The monoisotopic (exact) mass is 237 g/mol. The number of hydrogen-bond donors (Lipinski definition) is 2. The van der Waals surface area contributed by atoms with Crippen LogP contribution in [0.25, 0.3) is 0 Å². The van der Waals surface area contributed by atoms with Crippen LogP contribution in [0.2, 0.25) is 0 Å². The zero-order valence-electron chi connectivity index (χ0n) is 11.0. The minimum atomic E-state index is -0.511. The first-order valence-electron chi connectivity index (χ1n) is 6.31. The maximum Gasteiger partial charge on any atom is 0.125 e. The molecule has 0 aliphatic rings. The fourth-order valence-electron chi connectivity index (χ4n) is 1.74. The van der Waals surface area contributed by atoms with E-state index < -0.39 is 6.10 Å². The van der Waals surface area contributed by atoms with Crippen molar-refractivity contribution in [2.24, 2.45) is 0 Å². The number of aliphatic hydroxyl groups excluding tert-OH is 1.